The van der Waals surface area contributed by atoms with E-state index < -0.39 is 9.84 Å². The van der Waals surface area contributed by atoms with Crippen LogP contribution in [0, 0.1) is 20.8 Å². The van der Waals surface area contributed by atoms with Gasteiger partial charge in [0.15, 0.2) is 9.84 Å². The molecule has 5 nitrogen and oxygen atoms in total. The topological polar surface area (TPSA) is 68.2 Å². The van der Waals surface area contributed by atoms with Gasteiger partial charge in [0.1, 0.15) is 6.54 Å². The fraction of sp³-hybridized carbons (Fsp3) is 0.192. The quantitative estimate of drug-likeness (QED) is 0.377. The average molecular weight is 481 g/mol. The molecular formula is C26H25ClN2O3S. The van der Waals surface area contributed by atoms with Gasteiger partial charge in [-0.25, -0.2) is 8.42 Å². The van der Waals surface area contributed by atoms with Crippen LogP contribution in [0.4, 0.5) is 5.69 Å². The summed E-state index contributed by atoms with van der Waals surface area (Å²) in [4.78, 5) is 13.0. The number of aryl methyl sites for hydroxylation is 3. The molecule has 1 amide bonds. The van der Waals surface area contributed by atoms with E-state index in [-0.39, 0.29) is 23.1 Å². The van der Waals surface area contributed by atoms with Crippen LogP contribution in [0.5, 0.6) is 0 Å². The Morgan fingerprint density at radius 3 is 2.48 bits per heavy atom. The van der Waals surface area contributed by atoms with Crippen LogP contribution in [0.25, 0.3) is 10.9 Å². The predicted octanol–water partition coefficient (Wildman–Crippen LogP) is 5.83. The lowest BCUT2D eigenvalue weighted by molar-refractivity contribution is -0.116. The van der Waals surface area contributed by atoms with E-state index in [1.54, 1.807) is 35.0 Å². The van der Waals surface area contributed by atoms with Gasteiger partial charge in [0.2, 0.25) is 5.91 Å². The molecule has 0 radical (unpaired) electrons. The Balaban J connectivity index is 1.67. The zero-order valence-electron chi connectivity index (χ0n) is 18.7. The number of anilines is 1. The number of amides is 1. The molecule has 0 unspecified atom stereocenters. The second kappa shape index (κ2) is 9.04. The van der Waals surface area contributed by atoms with Crippen LogP contribution in [0.15, 0.2) is 71.8 Å². The number of halogens is 1. The van der Waals surface area contributed by atoms with Crippen LogP contribution in [0.3, 0.4) is 0 Å². The zero-order valence-corrected chi connectivity index (χ0v) is 20.3. The average Bonchev–Trinajstić information content (AvgIpc) is 3.12. The lowest BCUT2D eigenvalue weighted by Gasteiger charge is -2.10. The van der Waals surface area contributed by atoms with Gasteiger partial charge in [-0.15, -0.1) is 0 Å². The van der Waals surface area contributed by atoms with Crippen LogP contribution in [0.2, 0.25) is 5.02 Å². The van der Waals surface area contributed by atoms with Crippen molar-refractivity contribution in [3.63, 3.8) is 0 Å². The predicted molar refractivity (Wildman–Crippen MR) is 134 cm³/mol. The van der Waals surface area contributed by atoms with E-state index in [0.717, 1.165) is 22.3 Å². The largest absolute Gasteiger partial charge is 0.337 e. The maximum Gasteiger partial charge on any atom is 0.244 e. The molecule has 1 aromatic heterocycles. The Labute approximate surface area is 198 Å². The Kier molecular flexibility index (Phi) is 6.32. The van der Waals surface area contributed by atoms with E-state index in [2.05, 4.69) is 5.32 Å². The molecule has 0 aliphatic rings. The van der Waals surface area contributed by atoms with Crippen molar-refractivity contribution < 1.29 is 13.2 Å². The van der Waals surface area contributed by atoms with Crippen molar-refractivity contribution in [2.75, 3.05) is 5.32 Å². The van der Waals surface area contributed by atoms with Crippen molar-refractivity contribution in [1.82, 2.24) is 4.57 Å². The number of rotatable bonds is 6. The molecule has 3 aromatic carbocycles. The molecule has 0 aliphatic heterocycles. The Bertz CT molecular complexity index is 1470. The van der Waals surface area contributed by atoms with Crippen LogP contribution in [-0.4, -0.2) is 18.9 Å². The second-order valence-corrected chi connectivity index (χ2v) is 10.7. The second-order valence-electron chi connectivity index (χ2n) is 8.33. The summed E-state index contributed by atoms with van der Waals surface area (Å²) in [5, 5.41) is 4.01. The van der Waals surface area contributed by atoms with Crippen molar-refractivity contribution in [1.29, 1.82) is 0 Å². The summed E-state index contributed by atoms with van der Waals surface area (Å²) >= 11 is 6.06. The summed E-state index contributed by atoms with van der Waals surface area (Å²) in [5.74, 6) is -0.359. The van der Waals surface area contributed by atoms with Crippen LogP contribution in [-0.2, 0) is 26.9 Å². The number of hydrogen-bond acceptors (Lipinski definition) is 3. The fourth-order valence-corrected chi connectivity index (χ4v) is 5.75. The van der Waals surface area contributed by atoms with Gasteiger partial charge in [-0.2, -0.15) is 0 Å². The zero-order chi connectivity index (χ0) is 23.8. The van der Waals surface area contributed by atoms with Gasteiger partial charge in [0, 0.05) is 27.8 Å². The first-order chi connectivity index (χ1) is 15.6. The summed E-state index contributed by atoms with van der Waals surface area (Å²) in [5.41, 5.74) is 4.94. The maximum atomic E-state index is 13.4. The van der Waals surface area contributed by atoms with Crippen molar-refractivity contribution in [3.05, 3.63) is 94.1 Å². The molecule has 170 valence electrons. The van der Waals surface area contributed by atoms with Crippen molar-refractivity contribution in [2.45, 2.75) is 38.0 Å². The molecule has 0 saturated carbocycles. The highest BCUT2D eigenvalue weighted by molar-refractivity contribution is 7.90. The van der Waals surface area contributed by atoms with Gasteiger partial charge in [0.25, 0.3) is 0 Å². The maximum absolute atomic E-state index is 13.4. The number of hydrogen-bond donors (Lipinski definition) is 1. The van der Waals surface area contributed by atoms with E-state index in [1.807, 2.05) is 57.2 Å². The molecule has 0 aliphatic carbocycles. The third-order valence-electron chi connectivity index (χ3n) is 5.72. The molecule has 1 N–H and O–H groups in total. The van der Waals surface area contributed by atoms with Crippen molar-refractivity contribution in [2.24, 2.45) is 0 Å². The fourth-order valence-electron chi connectivity index (χ4n) is 3.90. The molecule has 33 heavy (non-hydrogen) atoms. The minimum Gasteiger partial charge on any atom is -0.337 e. The van der Waals surface area contributed by atoms with Crippen LogP contribution >= 0.6 is 11.6 Å². The number of benzene rings is 3. The van der Waals surface area contributed by atoms with Crippen molar-refractivity contribution >= 4 is 43.9 Å². The van der Waals surface area contributed by atoms with E-state index in [9.17, 15) is 13.2 Å². The summed E-state index contributed by atoms with van der Waals surface area (Å²) in [6.45, 7) is 5.72. The molecule has 0 spiro atoms. The molecule has 0 fully saturated rings. The monoisotopic (exact) mass is 480 g/mol. The molecule has 4 rings (SSSR count). The summed E-state index contributed by atoms with van der Waals surface area (Å²) < 4.78 is 28.5. The van der Waals surface area contributed by atoms with Gasteiger partial charge in [0.05, 0.1) is 10.6 Å². The number of carbonyl (C=O) groups excluding carboxylic acids is 1. The summed E-state index contributed by atoms with van der Waals surface area (Å²) in [6, 6.07) is 18.3. The number of nitrogens with zero attached hydrogens (tertiary/aromatic N) is 1. The first-order valence-electron chi connectivity index (χ1n) is 10.6. The van der Waals surface area contributed by atoms with Gasteiger partial charge < -0.3 is 9.88 Å². The minimum atomic E-state index is -3.64. The van der Waals surface area contributed by atoms with Gasteiger partial charge >= 0.3 is 0 Å². The van der Waals surface area contributed by atoms with E-state index in [4.69, 9.17) is 11.6 Å². The Hall–Kier alpha value is -3.09. The third kappa shape index (κ3) is 4.97. The van der Waals surface area contributed by atoms with Crippen LogP contribution in [0.1, 0.15) is 22.3 Å². The molecule has 1 heterocycles. The number of sulfone groups is 1. The normalized spacial score (nSPS) is 11.6. The van der Waals surface area contributed by atoms with E-state index in [0.29, 0.717) is 21.6 Å². The smallest absolute Gasteiger partial charge is 0.244 e. The van der Waals surface area contributed by atoms with Crippen molar-refractivity contribution in [3.8, 4) is 0 Å². The molecule has 0 atom stereocenters. The highest BCUT2D eigenvalue weighted by Gasteiger charge is 2.23. The Morgan fingerprint density at radius 1 is 0.970 bits per heavy atom. The Morgan fingerprint density at radius 2 is 1.70 bits per heavy atom. The molecule has 0 bridgehead atoms. The summed E-state index contributed by atoms with van der Waals surface area (Å²) in [7, 11) is -3.64. The standard InChI is InChI=1S/C26H25ClN2O3S/c1-17-8-9-18(2)20(12-17)16-33(31,32)25-14-29(24-7-5-4-6-22(24)25)15-26(30)28-23-13-21(27)11-10-19(23)3/h4-14H,15-16H2,1-3H3,(H,28,30). The van der Waals surface area contributed by atoms with Gasteiger partial charge in [-0.1, -0.05) is 59.6 Å². The minimum absolute atomic E-state index is 0.0224. The highest BCUT2D eigenvalue weighted by Crippen LogP contribution is 2.29. The number of carbonyl (C=O) groups is 1. The molecular weight excluding hydrogens is 456 g/mol. The number of para-hydroxylation sites is 1. The first kappa shape index (κ1) is 23.1. The summed E-state index contributed by atoms with van der Waals surface area (Å²) in [6.07, 6.45) is 1.57. The molecule has 4 aromatic rings. The SMILES string of the molecule is Cc1ccc(C)c(CS(=O)(=O)c2cn(CC(=O)Nc3cc(Cl)ccc3C)c3ccccc23)c1. The highest BCUT2D eigenvalue weighted by atomic mass is 35.5. The van der Waals surface area contributed by atoms with E-state index >= 15 is 0 Å². The lowest BCUT2D eigenvalue weighted by atomic mass is 10.1. The molecule has 7 heteroatoms. The number of nitrogens with one attached hydrogen (secondary N) is 1. The number of aromatic nitrogens is 1. The lowest BCUT2D eigenvalue weighted by Crippen LogP contribution is -2.18. The van der Waals surface area contributed by atoms with E-state index in [1.165, 1.54) is 0 Å². The third-order valence-corrected chi connectivity index (χ3v) is 7.65. The van der Waals surface area contributed by atoms with Gasteiger partial charge in [-0.3, -0.25) is 4.79 Å². The first-order valence-corrected chi connectivity index (χ1v) is 12.6. The van der Waals surface area contributed by atoms with Crippen LogP contribution < -0.4 is 5.32 Å². The van der Waals surface area contributed by atoms with Gasteiger partial charge in [-0.05, 0) is 55.7 Å². The number of fused-ring (bicyclic) bond motifs is 1. The molecule has 0 saturated heterocycles.